The molecule has 0 radical (unpaired) electrons. The van der Waals surface area contributed by atoms with Crippen LogP contribution < -0.4 is 20.5 Å². The number of ether oxygens (including phenoxy) is 1. The van der Waals surface area contributed by atoms with Crippen LogP contribution in [0.1, 0.15) is 11.1 Å². The van der Waals surface area contributed by atoms with Crippen molar-refractivity contribution >= 4 is 27.4 Å². The molecule has 0 aliphatic carbocycles. The maximum atomic E-state index is 12.6. The molecule has 2 rings (SSSR count). The van der Waals surface area contributed by atoms with Crippen molar-refractivity contribution in [1.82, 2.24) is 0 Å². The second kappa shape index (κ2) is 6.79. The van der Waals surface area contributed by atoms with Gasteiger partial charge in [0.15, 0.2) is 0 Å². The molecule has 128 valence electrons. The van der Waals surface area contributed by atoms with Gasteiger partial charge in [0.2, 0.25) is 0 Å². The van der Waals surface area contributed by atoms with Gasteiger partial charge in [0, 0.05) is 11.4 Å². The van der Waals surface area contributed by atoms with Crippen LogP contribution in [0.25, 0.3) is 0 Å². The van der Waals surface area contributed by atoms with Gasteiger partial charge < -0.3 is 15.8 Å². The van der Waals surface area contributed by atoms with Gasteiger partial charge in [-0.25, -0.2) is 13.2 Å². The lowest BCUT2D eigenvalue weighted by Gasteiger charge is -2.13. The van der Waals surface area contributed by atoms with E-state index in [2.05, 4.69) is 10.0 Å². The first-order chi connectivity index (χ1) is 11.2. The summed E-state index contributed by atoms with van der Waals surface area (Å²) in [5.74, 6) is 0.633. The molecule has 0 saturated carbocycles. The lowest BCUT2D eigenvalue weighted by molar-refractivity contribution is 0.259. The van der Waals surface area contributed by atoms with E-state index in [9.17, 15) is 13.2 Å². The molecule has 0 spiro atoms. The Morgan fingerprint density at radius 3 is 2.17 bits per heavy atom. The SMILES string of the molecule is COc1cc(C)c(S(=O)(=O)Nc2ccc(NC(N)=O)cc2)cc1C. The predicted molar refractivity (Wildman–Crippen MR) is 92.9 cm³/mol. The maximum Gasteiger partial charge on any atom is 0.316 e. The summed E-state index contributed by atoms with van der Waals surface area (Å²) in [6.45, 7) is 3.48. The molecular weight excluding hydrogens is 330 g/mol. The van der Waals surface area contributed by atoms with Crippen molar-refractivity contribution in [3.8, 4) is 5.75 Å². The summed E-state index contributed by atoms with van der Waals surface area (Å²) < 4.78 is 32.9. The monoisotopic (exact) mass is 349 g/mol. The maximum absolute atomic E-state index is 12.6. The Balaban J connectivity index is 2.28. The second-order valence-corrected chi connectivity index (χ2v) is 6.91. The Morgan fingerprint density at radius 2 is 1.62 bits per heavy atom. The quantitative estimate of drug-likeness (QED) is 0.770. The van der Waals surface area contributed by atoms with Crippen LogP contribution in [0, 0.1) is 13.8 Å². The van der Waals surface area contributed by atoms with E-state index in [1.165, 1.54) is 19.2 Å². The van der Waals surface area contributed by atoms with Gasteiger partial charge in [0.05, 0.1) is 12.0 Å². The van der Waals surface area contributed by atoms with E-state index in [-0.39, 0.29) is 4.90 Å². The van der Waals surface area contributed by atoms with Crippen molar-refractivity contribution in [2.24, 2.45) is 5.73 Å². The second-order valence-electron chi connectivity index (χ2n) is 5.26. The lowest BCUT2D eigenvalue weighted by atomic mass is 10.1. The van der Waals surface area contributed by atoms with Crippen molar-refractivity contribution in [3.63, 3.8) is 0 Å². The van der Waals surface area contributed by atoms with Gasteiger partial charge in [-0.3, -0.25) is 4.72 Å². The minimum atomic E-state index is -3.74. The number of benzene rings is 2. The van der Waals surface area contributed by atoms with Crippen molar-refractivity contribution in [3.05, 3.63) is 47.5 Å². The molecule has 0 saturated heterocycles. The van der Waals surface area contributed by atoms with Gasteiger partial charge >= 0.3 is 6.03 Å². The molecular formula is C16H19N3O4S. The first kappa shape index (κ1) is 17.6. The van der Waals surface area contributed by atoms with Gasteiger partial charge in [-0.2, -0.15) is 0 Å². The van der Waals surface area contributed by atoms with Crippen LogP contribution in [-0.4, -0.2) is 21.6 Å². The number of hydrogen-bond acceptors (Lipinski definition) is 4. The highest BCUT2D eigenvalue weighted by Gasteiger charge is 2.19. The van der Waals surface area contributed by atoms with Gasteiger partial charge in [0.1, 0.15) is 5.75 Å². The summed E-state index contributed by atoms with van der Waals surface area (Å²) in [5.41, 5.74) is 7.18. The van der Waals surface area contributed by atoms with E-state index in [4.69, 9.17) is 10.5 Å². The van der Waals surface area contributed by atoms with Gasteiger partial charge in [0.25, 0.3) is 10.0 Å². The number of anilines is 2. The number of hydrogen-bond donors (Lipinski definition) is 3. The minimum Gasteiger partial charge on any atom is -0.496 e. The molecule has 2 aromatic carbocycles. The highest BCUT2D eigenvalue weighted by atomic mass is 32.2. The highest BCUT2D eigenvalue weighted by molar-refractivity contribution is 7.92. The zero-order chi connectivity index (χ0) is 17.9. The molecule has 2 amide bonds. The summed E-state index contributed by atoms with van der Waals surface area (Å²) in [7, 11) is -2.21. The molecule has 24 heavy (non-hydrogen) atoms. The van der Waals surface area contributed by atoms with Crippen molar-refractivity contribution in [1.29, 1.82) is 0 Å². The number of sulfonamides is 1. The largest absolute Gasteiger partial charge is 0.496 e. The predicted octanol–water partition coefficient (Wildman–Crippen LogP) is 2.60. The van der Waals surface area contributed by atoms with Gasteiger partial charge in [-0.05, 0) is 61.4 Å². The van der Waals surface area contributed by atoms with Crippen LogP contribution in [0.4, 0.5) is 16.2 Å². The third-order valence-corrected chi connectivity index (χ3v) is 4.91. The van der Waals surface area contributed by atoms with Crippen molar-refractivity contribution < 1.29 is 17.9 Å². The number of rotatable bonds is 5. The van der Waals surface area contributed by atoms with Crippen LogP contribution in [0.15, 0.2) is 41.3 Å². The van der Waals surface area contributed by atoms with E-state index >= 15 is 0 Å². The first-order valence-electron chi connectivity index (χ1n) is 7.07. The standard InChI is InChI=1S/C16H19N3O4S/c1-10-9-15(11(2)8-14(10)23-3)24(21,22)19-13-6-4-12(5-7-13)18-16(17)20/h4-9,19H,1-3H3,(H3,17,18,20). The molecule has 2 aromatic rings. The molecule has 0 atom stereocenters. The third kappa shape index (κ3) is 3.96. The molecule has 0 heterocycles. The van der Waals surface area contributed by atoms with E-state index in [1.54, 1.807) is 38.1 Å². The van der Waals surface area contributed by atoms with Crippen LogP contribution in [-0.2, 0) is 10.0 Å². The van der Waals surface area contributed by atoms with Crippen molar-refractivity contribution in [2.75, 3.05) is 17.1 Å². The highest BCUT2D eigenvalue weighted by Crippen LogP contribution is 2.27. The van der Waals surface area contributed by atoms with Crippen molar-refractivity contribution in [2.45, 2.75) is 18.7 Å². The number of nitrogens with two attached hydrogens (primary N) is 1. The summed E-state index contributed by atoms with van der Waals surface area (Å²) >= 11 is 0. The number of carbonyl (C=O) groups is 1. The van der Waals surface area contributed by atoms with E-state index < -0.39 is 16.1 Å². The molecule has 4 N–H and O–H groups in total. The first-order valence-corrected chi connectivity index (χ1v) is 8.56. The fraction of sp³-hybridized carbons (Fsp3) is 0.188. The topological polar surface area (TPSA) is 111 Å². The molecule has 0 aliphatic heterocycles. The minimum absolute atomic E-state index is 0.181. The molecule has 0 aromatic heterocycles. The van der Waals surface area contributed by atoms with Gasteiger partial charge in [-0.1, -0.05) is 0 Å². The number of urea groups is 1. The summed E-state index contributed by atoms with van der Waals surface area (Å²) in [6, 6.07) is 8.74. The number of aryl methyl sites for hydroxylation is 2. The van der Waals surface area contributed by atoms with E-state index in [0.717, 1.165) is 5.56 Å². The van der Waals surface area contributed by atoms with Crippen LogP contribution in [0.3, 0.4) is 0 Å². The summed E-state index contributed by atoms with van der Waals surface area (Å²) in [4.78, 5) is 11.0. The average Bonchev–Trinajstić information content (AvgIpc) is 2.50. The molecule has 0 fully saturated rings. The Hall–Kier alpha value is -2.74. The summed E-state index contributed by atoms with van der Waals surface area (Å²) in [5, 5.41) is 2.40. The number of primary amides is 1. The Kier molecular flexibility index (Phi) is 4.99. The Labute approximate surface area is 140 Å². The smallest absolute Gasteiger partial charge is 0.316 e. The lowest BCUT2D eigenvalue weighted by Crippen LogP contribution is -2.19. The Morgan fingerprint density at radius 1 is 1.04 bits per heavy atom. The molecule has 0 unspecified atom stereocenters. The molecule has 8 heteroatoms. The van der Waals surface area contributed by atoms with E-state index in [1.807, 2.05) is 0 Å². The number of methoxy groups -OCH3 is 1. The summed E-state index contributed by atoms with van der Waals surface area (Å²) in [6.07, 6.45) is 0. The fourth-order valence-electron chi connectivity index (χ4n) is 2.25. The zero-order valence-electron chi connectivity index (χ0n) is 13.6. The Bertz CT molecular complexity index is 862. The van der Waals surface area contributed by atoms with Gasteiger partial charge in [-0.15, -0.1) is 0 Å². The number of amides is 2. The van der Waals surface area contributed by atoms with Crippen LogP contribution in [0.2, 0.25) is 0 Å². The normalized spacial score (nSPS) is 11.0. The molecule has 0 bridgehead atoms. The molecule has 7 nitrogen and oxygen atoms in total. The van der Waals surface area contributed by atoms with E-state index in [0.29, 0.717) is 22.7 Å². The third-order valence-electron chi connectivity index (χ3n) is 3.39. The number of nitrogens with one attached hydrogen (secondary N) is 2. The van der Waals surface area contributed by atoms with Crippen LogP contribution in [0.5, 0.6) is 5.75 Å². The van der Waals surface area contributed by atoms with Crippen LogP contribution >= 0.6 is 0 Å². The number of carbonyl (C=O) groups excluding carboxylic acids is 1. The average molecular weight is 349 g/mol. The zero-order valence-corrected chi connectivity index (χ0v) is 14.4. The molecule has 0 aliphatic rings. The fourth-order valence-corrected chi connectivity index (χ4v) is 3.62.